The summed E-state index contributed by atoms with van der Waals surface area (Å²) < 4.78 is 0. The zero-order chi connectivity index (χ0) is 12.3. The number of rotatable bonds is 3. The summed E-state index contributed by atoms with van der Waals surface area (Å²) in [5.74, 6) is 0.627. The van der Waals surface area contributed by atoms with Gasteiger partial charge >= 0.3 is 7.12 Å². The van der Waals surface area contributed by atoms with Gasteiger partial charge in [-0.3, -0.25) is 0 Å². The van der Waals surface area contributed by atoms with E-state index in [4.69, 9.17) is 10.0 Å². The Morgan fingerprint density at radius 2 is 1.72 bits per heavy atom. The van der Waals surface area contributed by atoms with Crippen molar-refractivity contribution in [1.29, 1.82) is 0 Å². The lowest BCUT2D eigenvalue weighted by atomic mass is 9.78. The Hall–Kier alpha value is -0.355. The maximum atomic E-state index is 9.04. The Balaban J connectivity index is 0.00000162. The van der Waals surface area contributed by atoms with Gasteiger partial charge in [-0.05, 0) is 49.4 Å². The van der Waals surface area contributed by atoms with Crippen molar-refractivity contribution in [1.82, 2.24) is 4.90 Å². The minimum Gasteiger partial charge on any atom is -0.423 e. The highest BCUT2D eigenvalue weighted by atomic mass is 79.9. The predicted octanol–water partition coefficient (Wildman–Crippen LogP) is 1.14. The van der Waals surface area contributed by atoms with Crippen molar-refractivity contribution >= 4 is 29.6 Å². The zero-order valence-electron chi connectivity index (χ0n) is 10.7. The molecule has 1 saturated heterocycles. The van der Waals surface area contributed by atoms with Crippen molar-refractivity contribution in [2.75, 3.05) is 19.6 Å². The lowest BCUT2D eigenvalue weighted by Crippen LogP contribution is -2.33. The Morgan fingerprint density at radius 1 is 1.17 bits per heavy atom. The van der Waals surface area contributed by atoms with Gasteiger partial charge in [0.2, 0.25) is 0 Å². The maximum absolute atomic E-state index is 9.04. The number of piperidine rings is 1. The van der Waals surface area contributed by atoms with Crippen LogP contribution in [-0.2, 0) is 0 Å². The van der Waals surface area contributed by atoms with Gasteiger partial charge in [0.1, 0.15) is 0 Å². The van der Waals surface area contributed by atoms with Gasteiger partial charge in [-0.15, -0.1) is 17.0 Å². The largest absolute Gasteiger partial charge is 0.488 e. The van der Waals surface area contributed by atoms with Crippen LogP contribution in [0.1, 0.15) is 31.2 Å². The van der Waals surface area contributed by atoms with Crippen molar-refractivity contribution in [3.05, 3.63) is 29.8 Å². The Morgan fingerprint density at radius 3 is 2.17 bits per heavy atom. The van der Waals surface area contributed by atoms with Crippen LogP contribution in [0.4, 0.5) is 0 Å². The molecule has 3 nitrogen and oxygen atoms in total. The van der Waals surface area contributed by atoms with Crippen LogP contribution in [0.2, 0.25) is 0 Å². The highest BCUT2D eigenvalue weighted by Gasteiger charge is 2.20. The molecule has 0 aliphatic carbocycles. The van der Waals surface area contributed by atoms with Gasteiger partial charge in [0, 0.05) is 0 Å². The van der Waals surface area contributed by atoms with E-state index < -0.39 is 7.12 Å². The molecule has 100 valence electrons. The summed E-state index contributed by atoms with van der Waals surface area (Å²) in [5.41, 5.74) is 1.89. The molecule has 1 aromatic carbocycles. The number of halogens is 1. The smallest absolute Gasteiger partial charge is 0.423 e. The molecule has 2 rings (SSSR count). The fourth-order valence-electron chi connectivity index (χ4n) is 2.52. The number of hydrogen-bond acceptors (Lipinski definition) is 3. The number of hydrogen-bond donors (Lipinski definition) is 2. The van der Waals surface area contributed by atoms with E-state index in [1.54, 1.807) is 0 Å². The summed E-state index contributed by atoms with van der Waals surface area (Å²) >= 11 is 0. The summed E-state index contributed by atoms with van der Waals surface area (Å²) in [6, 6.07) is 7.68. The molecule has 5 heteroatoms. The minimum atomic E-state index is -1.36. The molecule has 0 amide bonds. The van der Waals surface area contributed by atoms with E-state index in [9.17, 15) is 0 Å². The normalized spacial score (nSPS) is 17.3. The van der Waals surface area contributed by atoms with Gasteiger partial charge in [0.05, 0.1) is 0 Å². The van der Waals surface area contributed by atoms with E-state index in [-0.39, 0.29) is 17.0 Å². The lowest BCUT2D eigenvalue weighted by molar-refractivity contribution is 0.222. The first-order valence-electron chi connectivity index (χ1n) is 6.39. The SMILES string of the molecule is Br.CCN1CCC(c2ccc(B(O)O)cc2)CC1. The maximum Gasteiger partial charge on any atom is 0.488 e. The van der Waals surface area contributed by atoms with E-state index in [1.165, 1.54) is 31.5 Å². The van der Waals surface area contributed by atoms with Gasteiger partial charge in [-0.2, -0.15) is 0 Å². The van der Waals surface area contributed by atoms with Gasteiger partial charge < -0.3 is 14.9 Å². The molecule has 0 atom stereocenters. The molecule has 1 aliphatic rings. The van der Waals surface area contributed by atoms with Gasteiger partial charge in [0.15, 0.2) is 0 Å². The molecule has 0 saturated carbocycles. The summed E-state index contributed by atoms with van der Waals surface area (Å²) in [7, 11) is -1.36. The Bertz CT molecular complexity index is 351. The number of likely N-dealkylation sites (tertiary alicyclic amines) is 1. The molecule has 1 fully saturated rings. The second-order valence-electron chi connectivity index (χ2n) is 4.75. The Labute approximate surface area is 120 Å². The third kappa shape index (κ3) is 3.82. The Kier molecular flexibility index (Phi) is 6.36. The van der Waals surface area contributed by atoms with E-state index in [1.807, 2.05) is 24.3 Å². The number of nitrogens with zero attached hydrogens (tertiary/aromatic N) is 1. The van der Waals surface area contributed by atoms with Crippen molar-refractivity contribution in [3.63, 3.8) is 0 Å². The van der Waals surface area contributed by atoms with E-state index in [0.717, 1.165) is 6.54 Å². The average Bonchev–Trinajstić information content (AvgIpc) is 2.39. The van der Waals surface area contributed by atoms with Crippen molar-refractivity contribution in [2.24, 2.45) is 0 Å². The first kappa shape index (κ1) is 15.7. The third-order valence-corrected chi connectivity index (χ3v) is 3.74. The second-order valence-corrected chi connectivity index (χ2v) is 4.75. The fourth-order valence-corrected chi connectivity index (χ4v) is 2.52. The molecular formula is C13H21BBrNO2. The van der Waals surface area contributed by atoms with Crippen LogP contribution in [-0.4, -0.2) is 41.7 Å². The molecule has 0 spiro atoms. The quantitative estimate of drug-likeness (QED) is 0.823. The van der Waals surface area contributed by atoms with Gasteiger partial charge in [0.25, 0.3) is 0 Å². The molecule has 1 aromatic rings. The summed E-state index contributed by atoms with van der Waals surface area (Å²) in [5, 5.41) is 18.1. The summed E-state index contributed by atoms with van der Waals surface area (Å²) in [4.78, 5) is 2.47. The number of benzene rings is 1. The van der Waals surface area contributed by atoms with Crippen LogP contribution < -0.4 is 5.46 Å². The zero-order valence-corrected chi connectivity index (χ0v) is 12.5. The molecular weight excluding hydrogens is 293 g/mol. The van der Waals surface area contributed by atoms with Crippen LogP contribution in [0.5, 0.6) is 0 Å². The second kappa shape index (κ2) is 7.29. The highest BCUT2D eigenvalue weighted by molar-refractivity contribution is 8.93. The standard InChI is InChI=1S/C13H20BNO2.BrH/c1-2-15-9-7-12(8-10-15)11-3-5-13(6-4-11)14(16)17;/h3-6,12,16-17H,2,7-10H2,1H3;1H. The molecule has 2 N–H and O–H groups in total. The van der Waals surface area contributed by atoms with Crippen molar-refractivity contribution < 1.29 is 10.0 Å². The van der Waals surface area contributed by atoms with E-state index in [0.29, 0.717) is 11.4 Å². The predicted molar refractivity (Wildman–Crippen MR) is 80.7 cm³/mol. The van der Waals surface area contributed by atoms with Crippen LogP contribution in [0.25, 0.3) is 0 Å². The minimum absolute atomic E-state index is 0. The van der Waals surface area contributed by atoms with Crippen LogP contribution >= 0.6 is 17.0 Å². The first-order valence-corrected chi connectivity index (χ1v) is 6.39. The van der Waals surface area contributed by atoms with Crippen molar-refractivity contribution in [2.45, 2.75) is 25.7 Å². The molecule has 1 aliphatic heterocycles. The molecule has 0 bridgehead atoms. The van der Waals surface area contributed by atoms with E-state index >= 15 is 0 Å². The summed E-state index contributed by atoms with van der Waals surface area (Å²) in [6.45, 7) is 5.69. The third-order valence-electron chi connectivity index (χ3n) is 3.74. The highest BCUT2D eigenvalue weighted by Crippen LogP contribution is 2.27. The molecule has 1 heterocycles. The monoisotopic (exact) mass is 313 g/mol. The van der Waals surface area contributed by atoms with E-state index in [2.05, 4.69) is 11.8 Å². The van der Waals surface area contributed by atoms with Gasteiger partial charge in [-0.1, -0.05) is 31.2 Å². The first-order chi connectivity index (χ1) is 8.20. The topological polar surface area (TPSA) is 43.7 Å². The van der Waals surface area contributed by atoms with Crippen LogP contribution in [0, 0.1) is 0 Å². The van der Waals surface area contributed by atoms with Crippen LogP contribution in [0.15, 0.2) is 24.3 Å². The summed E-state index contributed by atoms with van der Waals surface area (Å²) in [6.07, 6.45) is 2.41. The molecule has 0 aromatic heterocycles. The lowest BCUT2D eigenvalue weighted by Gasteiger charge is -2.31. The van der Waals surface area contributed by atoms with Gasteiger partial charge in [-0.25, -0.2) is 0 Å². The van der Waals surface area contributed by atoms with Crippen molar-refractivity contribution in [3.8, 4) is 0 Å². The van der Waals surface area contributed by atoms with Crippen LogP contribution in [0.3, 0.4) is 0 Å². The molecule has 18 heavy (non-hydrogen) atoms. The molecule has 0 unspecified atom stereocenters. The fraction of sp³-hybridized carbons (Fsp3) is 0.538. The average molecular weight is 314 g/mol. The molecule has 0 radical (unpaired) electrons.